The van der Waals surface area contributed by atoms with Crippen molar-refractivity contribution in [2.24, 2.45) is 0 Å². The molecule has 0 unspecified atom stereocenters. The fraction of sp³-hybridized carbons (Fsp3) is 0.167. The van der Waals surface area contributed by atoms with Gasteiger partial charge in [-0.05, 0) is 35.6 Å². The van der Waals surface area contributed by atoms with E-state index in [1.54, 1.807) is 11.3 Å². The number of thioether (sulfide) groups is 1. The van der Waals surface area contributed by atoms with Crippen molar-refractivity contribution < 1.29 is 0 Å². The molecule has 0 fully saturated rings. The number of thiophene rings is 1. The highest BCUT2D eigenvalue weighted by Gasteiger charge is 1.96. The smallest absolute Gasteiger partial charge is 0.0598 e. The van der Waals surface area contributed by atoms with E-state index < -0.39 is 0 Å². The van der Waals surface area contributed by atoms with E-state index in [9.17, 15) is 0 Å². The van der Waals surface area contributed by atoms with Crippen molar-refractivity contribution >= 4 is 28.8 Å². The van der Waals surface area contributed by atoms with Crippen LogP contribution in [0.2, 0.25) is 0 Å². The molecular weight excluding hydrogens is 222 g/mol. The summed E-state index contributed by atoms with van der Waals surface area (Å²) in [4.78, 5) is 0. The summed E-state index contributed by atoms with van der Waals surface area (Å²) >= 11 is 3.72. The lowest BCUT2D eigenvalue weighted by Gasteiger charge is -2.00. The molecule has 0 aliphatic heterocycles. The van der Waals surface area contributed by atoms with Gasteiger partial charge in [0.2, 0.25) is 0 Å². The van der Waals surface area contributed by atoms with Gasteiger partial charge in [-0.3, -0.25) is 0 Å². The minimum Gasteiger partial charge on any atom is -0.399 e. The van der Waals surface area contributed by atoms with Crippen LogP contribution in [0.4, 0.5) is 5.69 Å². The molecule has 0 atom stereocenters. The molecule has 15 heavy (non-hydrogen) atoms. The van der Waals surface area contributed by atoms with Crippen molar-refractivity contribution in [3.63, 3.8) is 0 Å². The second-order valence-corrected chi connectivity index (χ2v) is 5.61. The lowest BCUT2D eigenvalue weighted by Crippen LogP contribution is -1.89. The first kappa shape index (κ1) is 10.6. The predicted molar refractivity (Wildman–Crippen MR) is 69.6 cm³/mol. The van der Waals surface area contributed by atoms with Gasteiger partial charge in [0.1, 0.15) is 0 Å². The monoisotopic (exact) mass is 235 g/mol. The molecule has 1 nitrogen and oxygen atoms in total. The second-order valence-electron chi connectivity index (χ2n) is 3.27. The van der Waals surface area contributed by atoms with Crippen molar-refractivity contribution in [1.29, 1.82) is 0 Å². The molecule has 0 amide bonds. The van der Waals surface area contributed by atoms with Gasteiger partial charge in [-0.2, -0.15) is 0 Å². The van der Waals surface area contributed by atoms with Crippen molar-refractivity contribution in [3.05, 3.63) is 47.3 Å². The lowest BCUT2D eigenvalue weighted by molar-refractivity contribution is 1.16. The summed E-state index contributed by atoms with van der Waals surface area (Å²) in [5.41, 5.74) is 7.82. The molecule has 2 N–H and O–H groups in total. The first-order chi connectivity index (χ1) is 7.34. The molecular formula is C12H13NS2. The molecule has 3 heteroatoms. The second kappa shape index (κ2) is 5.24. The fourth-order valence-corrected chi connectivity index (χ4v) is 3.15. The molecule has 1 heterocycles. The molecule has 2 rings (SSSR count). The molecule has 0 aliphatic rings. The van der Waals surface area contributed by atoms with Crippen molar-refractivity contribution in [1.82, 2.24) is 0 Å². The van der Waals surface area contributed by atoms with Crippen LogP contribution in [0, 0.1) is 0 Å². The van der Waals surface area contributed by atoms with E-state index >= 15 is 0 Å². The Labute approximate surface area is 98.3 Å². The lowest BCUT2D eigenvalue weighted by atomic mass is 10.2. The third kappa shape index (κ3) is 3.29. The number of aryl methyl sites for hydroxylation is 1. The first-order valence-corrected chi connectivity index (χ1v) is 6.72. The van der Waals surface area contributed by atoms with Gasteiger partial charge < -0.3 is 5.73 Å². The summed E-state index contributed by atoms with van der Waals surface area (Å²) in [7, 11) is 0. The number of rotatable bonds is 4. The highest BCUT2D eigenvalue weighted by atomic mass is 32.2. The number of hydrogen-bond acceptors (Lipinski definition) is 3. The molecule has 0 bridgehead atoms. The molecule has 2 aromatic rings. The normalized spacial score (nSPS) is 10.4. The summed E-state index contributed by atoms with van der Waals surface area (Å²) in [5, 5.41) is 2.12. The van der Waals surface area contributed by atoms with Gasteiger partial charge in [0, 0.05) is 11.4 Å². The van der Waals surface area contributed by atoms with Gasteiger partial charge in [0.25, 0.3) is 0 Å². The molecule has 0 spiro atoms. The number of benzene rings is 1. The molecule has 1 aromatic carbocycles. The molecule has 0 radical (unpaired) electrons. The number of hydrogen-bond donors (Lipinski definition) is 1. The Kier molecular flexibility index (Phi) is 3.69. The fourth-order valence-electron chi connectivity index (χ4n) is 1.30. The maximum Gasteiger partial charge on any atom is 0.0598 e. The Balaban J connectivity index is 1.81. The Morgan fingerprint density at radius 2 is 1.93 bits per heavy atom. The quantitative estimate of drug-likeness (QED) is 0.646. The van der Waals surface area contributed by atoms with Crippen molar-refractivity contribution in [3.8, 4) is 0 Å². The Morgan fingerprint density at radius 1 is 1.13 bits per heavy atom. The zero-order valence-corrected chi connectivity index (χ0v) is 9.98. The summed E-state index contributed by atoms with van der Waals surface area (Å²) in [6.45, 7) is 0. The average molecular weight is 235 g/mol. The van der Waals surface area contributed by atoms with Gasteiger partial charge in [-0.15, -0.1) is 23.1 Å². The van der Waals surface area contributed by atoms with Crippen LogP contribution < -0.4 is 5.73 Å². The van der Waals surface area contributed by atoms with Crippen molar-refractivity contribution in [2.45, 2.75) is 10.6 Å². The number of nitrogen functional groups attached to an aromatic ring is 1. The van der Waals surface area contributed by atoms with E-state index in [0.29, 0.717) is 0 Å². The van der Waals surface area contributed by atoms with Crippen LogP contribution in [0.3, 0.4) is 0 Å². The van der Waals surface area contributed by atoms with Crippen LogP contribution in [-0.4, -0.2) is 5.75 Å². The zero-order valence-electron chi connectivity index (χ0n) is 8.35. The Bertz CT molecular complexity index is 392. The Hall–Kier alpha value is -0.930. The third-order valence-electron chi connectivity index (χ3n) is 2.11. The van der Waals surface area contributed by atoms with Crippen LogP contribution in [0.1, 0.15) is 5.56 Å². The van der Waals surface area contributed by atoms with Crippen LogP contribution in [0.5, 0.6) is 0 Å². The number of anilines is 1. The highest BCUT2D eigenvalue weighted by Crippen LogP contribution is 2.24. The minimum absolute atomic E-state index is 0.838. The molecule has 0 saturated carbocycles. The highest BCUT2D eigenvalue weighted by molar-refractivity contribution is 8.01. The van der Waals surface area contributed by atoms with E-state index in [0.717, 1.165) is 17.9 Å². The molecule has 78 valence electrons. The van der Waals surface area contributed by atoms with E-state index in [2.05, 4.69) is 29.6 Å². The van der Waals surface area contributed by atoms with Crippen LogP contribution in [-0.2, 0) is 6.42 Å². The van der Waals surface area contributed by atoms with E-state index in [1.165, 1.54) is 9.77 Å². The first-order valence-electron chi connectivity index (χ1n) is 4.85. The molecule has 0 aliphatic carbocycles. The van der Waals surface area contributed by atoms with Gasteiger partial charge in [-0.25, -0.2) is 0 Å². The summed E-state index contributed by atoms with van der Waals surface area (Å²) < 4.78 is 1.39. The minimum atomic E-state index is 0.838. The average Bonchev–Trinajstić information content (AvgIpc) is 2.74. The van der Waals surface area contributed by atoms with Crippen molar-refractivity contribution in [2.75, 3.05) is 11.5 Å². The largest absolute Gasteiger partial charge is 0.399 e. The van der Waals surface area contributed by atoms with Crippen LogP contribution in [0.15, 0.2) is 46.0 Å². The van der Waals surface area contributed by atoms with Gasteiger partial charge in [0.05, 0.1) is 4.21 Å². The zero-order chi connectivity index (χ0) is 10.5. The number of nitrogens with two attached hydrogens (primary N) is 1. The summed E-state index contributed by atoms with van der Waals surface area (Å²) in [6, 6.07) is 12.4. The van der Waals surface area contributed by atoms with Gasteiger partial charge in [0.15, 0.2) is 0 Å². The predicted octanol–water partition coefficient (Wildman–Crippen LogP) is 3.67. The SMILES string of the molecule is Nc1ccc(CCSc2cccs2)cc1. The maximum atomic E-state index is 5.63. The van der Waals surface area contributed by atoms with E-state index in [1.807, 2.05) is 23.9 Å². The summed E-state index contributed by atoms with van der Waals surface area (Å²) in [6.07, 6.45) is 1.10. The van der Waals surface area contributed by atoms with Gasteiger partial charge >= 0.3 is 0 Å². The Morgan fingerprint density at radius 3 is 2.60 bits per heavy atom. The topological polar surface area (TPSA) is 26.0 Å². The summed E-state index contributed by atoms with van der Waals surface area (Å²) in [5.74, 6) is 1.13. The van der Waals surface area contributed by atoms with E-state index in [4.69, 9.17) is 5.73 Å². The third-order valence-corrected chi connectivity index (χ3v) is 4.24. The van der Waals surface area contributed by atoms with Crippen LogP contribution >= 0.6 is 23.1 Å². The van der Waals surface area contributed by atoms with Crippen LogP contribution in [0.25, 0.3) is 0 Å². The standard InChI is InChI=1S/C12H13NS2/c13-11-5-3-10(4-6-11)7-9-15-12-2-1-8-14-12/h1-6,8H,7,9,13H2. The van der Waals surface area contributed by atoms with Gasteiger partial charge in [-0.1, -0.05) is 18.2 Å². The molecule has 0 saturated heterocycles. The molecule has 1 aromatic heterocycles. The van der Waals surface area contributed by atoms with E-state index in [-0.39, 0.29) is 0 Å². The maximum absolute atomic E-state index is 5.63.